The van der Waals surface area contributed by atoms with Crippen LogP contribution >= 0.6 is 0 Å². The molecule has 3 heteroatoms. The second-order valence-electron chi connectivity index (χ2n) is 19.4. The summed E-state index contributed by atoms with van der Waals surface area (Å²) in [6.07, 6.45) is 0. The summed E-state index contributed by atoms with van der Waals surface area (Å²) >= 11 is 0. The molecule has 0 radical (unpaired) electrons. The maximum atomic E-state index is 6.23. The molecule has 0 saturated carbocycles. The fourth-order valence-corrected chi connectivity index (χ4v) is 9.97. The number of hydrogen-bond donors (Lipinski definition) is 0. The summed E-state index contributed by atoms with van der Waals surface area (Å²) in [5.41, 5.74) is 18.4. The number of benzene rings is 8. The van der Waals surface area contributed by atoms with Crippen molar-refractivity contribution < 1.29 is 4.42 Å². The first-order valence-electron chi connectivity index (χ1n) is 22.4. The molecule has 0 bridgehead atoms. The Morgan fingerprint density at radius 2 is 0.953 bits per heavy atom. The zero-order chi connectivity index (χ0) is 43.8. The van der Waals surface area contributed by atoms with Crippen LogP contribution < -0.4 is 0 Å². The molecule has 1 aliphatic carbocycles. The van der Waals surface area contributed by atoms with Gasteiger partial charge in [0.2, 0.25) is 0 Å². The maximum absolute atomic E-state index is 6.23. The monoisotopic (exact) mass is 826 g/mol. The van der Waals surface area contributed by atoms with E-state index in [1.54, 1.807) is 0 Å². The zero-order valence-corrected chi connectivity index (χ0v) is 37.3. The van der Waals surface area contributed by atoms with Crippen molar-refractivity contribution >= 4 is 21.9 Å². The molecule has 0 N–H and O–H groups in total. The molecule has 0 amide bonds. The van der Waals surface area contributed by atoms with E-state index in [0.29, 0.717) is 5.82 Å². The minimum atomic E-state index is -0.572. The lowest BCUT2D eigenvalue weighted by Crippen LogP contribution is -2.30. The number of aromatic nitrogens is 2. The lowest BCUT2D eigenvalue weighted by Gasteiger charge is -2.36. The normalized spacial score (nSPS) is 13.3. The Bertz CT molecular complexity index is 3360. The molecule has 1 aliphatic rings. The topological polar surface area (TPSA) is 38.9 Å². The molecule has 64 heavy (non-hydrogen) atoms. The molecule has 0 aliphatic heterocycles. The summed E-state index contributed by atoms with van der Waals surface area (Å²) < 4.78 is 6.23. The largest absolute Gasteiger partial charge is 0.456 e. The van der Waals surface area contributed by atoms with Gasteiger partial charge in [-0.3, -0.25) is 0 Å². The van der Waals surface area contributed by atoms with Gasteiger partial charge in [-0.15, -0.1) is 0 Å². The van der Waals surface area contributed by atoms with Gasteiger partial charge in [0, 0.05) is 27.5 Å². The quantitative estimate of drug-likeness (QED) is 0.168. The van der Waals surface area contributed by atoms with E-state index < -0.39 is 5.41 Å². The van der Waals surface area contributed by atoms with Crippen LogP contribution in [0.2, 0.25) is 0 Å². The third-order valence-electron chi connectivity index (χ3n) is 13.3. The van der Waals surface area contributed by atoms with Crippen LogP contribution in [-0.4, -0.2) is 9.97 Å². The van der Waals surface area contributed by atoms with Crippen LogP contribution in [0.15, 0.2) is 199 Å². The van der Waals surface area contributed by atoms with Crippen LogP contribution in [0, 0.1) is 0 Å². The van der Waals surface area contributed by atoms with Crippen LogP contribution in [0.5, 0.6) is 0 Å². The van der Waals surface area contributed by atoms with E-state index in [1.807, 2.05) is 30.3 Å². The lowest BCUT2D eigenvalue weighted by atomic mass is 9.65. The van der Waals surface area contributed by atoms with Gasteiger partial charge in [-0.25, -0.2) is 9.97 Å². The van der Waals surface area contributed by atoms with Gasteiger partial charge in [0.25, 0.3) is 0 Å². The molecule has 2 heterocycles. The standard InChI is InChI=1S/C61H50N2O/c1-59(2,3)42-20-16-22-44(36-42)61(45-23-17-21-43(37-45)60(4,5)6)52-28-14-12-25-47(52)48-32-30-40(35-53(48)61)46-24-10-11-26-49(46)55-38-54(62-58(63-55)39-18-8-7-9-19-39)41-31-33-57-51(34-41)50-27-13-15-29-56(50)64-57/h7-38H,1-6H3. The highest BCUT2D eigenvalue weighted by Crippen LogP contribution is 2.57. The first kappa shape index (κ1) is 39.5. The van der Waals surface area contributed by atoms with Gasteiger partial charge in [-0.2, -0.15) is 0 Å². The van der Waals surface area contributed by atoms with Crippen molar-refractivity contribution in [2.24, 2.45) is 0 Å². The third-order valence-corrected chi connectivity index (χ3v) is 13.3. The molecule has 310 valence electrons. The lowest BCUT2D eigenvalue weighted by molar-refractivity contribution is 0.585. The molecule has 0 saturated heterocycles. The summed E-state index contributed by atoms with van der Waals surface area (Å²) in [6, 6.07) is 70.7. The zero-order valence-electron chi connectivity index (χ0n) is 37.3. The van der Waals surface area contributed by atoms with Crippen molar-refractivity contribution in [3.8, 4) is 56.2 Å². The maximum Gasteiger partial charge on any atom is 0.160 e. The molecule has 10 aromatic rings. The number of fused-ring (bicyclic) bond motifs is 6. The van der Waals surface area contributed by atoms with E-state index in [4.69, 9.17) is 14.4 Å². The second-order valence-corrected chi connectivity index (χ2v) is 19.4. The van der Waals surface area contributed by atoms with Gasteiger partial charge in [-0.05, 0) is 103 Å². The number of furan rings is 1. The van der Waals surface area contributed by atoms with Gasteiger partial charge in [0.05, 0.1) is 16.8 Å². The van der Waals surface area contributed by atoms with Gasteiger partial charge in [0.1, 0.15) is 11.2 Å². The average molecular weight is 827 g/mol. The average Bonchev–Trinajstić information content (AvgIpc) is 3.84. The van der Waals surface area contributed by atoms with Crippen molar-refractivity contribution in [1.82, 2.24) is 9.97 Å². The molecule has 0 atom stereocenters. The molecule has 3 nitrogen and oxygen atoms in total. The summed E-state index contributed by atoms with van der Waals surface area (Å²) in [7, 11) is 0. The Labute approximate surface area is 376 Å². The minimum Gasteiger partial charge on any atom is -0.456 e. The van der Waals surface area contributed by atoms with Crippen LogP contribution in [0.1, 0.15) is 74.9 Å². The Morgan fingerprint density at radius 3 is 1.67 bits per heavy atom. The third kappa shape index (κ3) is 6.49. The Hall–Kier alpha value is -7.36. The van der Waals surface area contributed by atoms with E-state index in [1.165, 1.54) is 44.5 Å². The highest BCUT2D eigenvalue weighted by molar-refractivity contribution is 6.06. The molecule has 2 aromatic heterocycles. The highest BCUT2D eigenvalue weighted by atomic mass is 16.3. The molecule has 11 rings (SSSR count). The highest BCUT2D eigenvalue weighted by Gasteiger charge is 2.47. The van der Waals surface area contributed by atoms with Crippen LogP contribution in [-0.2, 0) is 16.2 Å². The van der Waals surface area contributed by atoms with Crippen molar-refractivity contribution in [3.63, 3.8) is 0 Å². The van der Waals surface area contributed by atoms with E-state index in [2.05, 4.69) is 205 Å². The number of rotatable bonds is 6. The van der Waals surface area contributed by atoms with Gasteiger partial charge < -0.3 is 4.42 Å². The molecule has 0 unspecified atom stereocenters. The van der Waals surface area contributed by atoms with Crippen LogP contribution in [0.25, 0.3) is 78.1 Å². The molecule has 0 spiro atoms. The van der Waals surface area contributed by atoms with Gasteiger partial charge >= 0.3 is 0 Å². The summed E-state index contributed by atoms with van der Waals surface area (Å²) in [4.78, 5) is 10.6. The smallest absolute Gasteiger partial charge is 0.160 e. The van der Waals surface area contributed by atoms with Crippen molar-refractivity contribution in [1.29, 1.82) is 0 Å². The fourth-order valence-electron chi connectivity index (χ4n) is 9.97. The summed E-state index contributed by atoms with van der Waals surface area (Å²) in [5, 5.41) is 2.16. The van der Waals surface area contributed by atoms with Crippen molar-refractivity contribution in [2.45, 2.75) is 57.8 Å². The van der Waals surface area contributed by atoms with E-state index in [9.17, 15) is 0 Å². The summed E-state index contributed by atoms with van der Waals surface area (Å²) in [6.45, 7) is 13.9. The Balaban J connectivity index is 1.14. The van der Waals surface area contributed by atoms with Gasteiger partial charge in [-0.1, -0.05) is 199 Å². The predicted octanol–water partition coefficient (Wildman–Crippen LogP) is 16.0. The van der Waals surface area contributed by atoms with Crippen molar-refractivity contribution in [2.75, 3.05) is 0 Å². The van der Waals surface area contributed by atoms with E-state index in [0.717, 1.165) is 61.1 Å². The van der Waals surface area contributed by atoms with Crippen LogP contribution in [0.4, 0.5) is 0 Å². The Morgan fingerprint density at radius 1 is 0.375 bits per heavy atom. The predicted molar refractivity (Wildman–Crippen MR) is 266 cm³/mol. The number of hydrogen-bond acceptors (Lipinski definition) is 3. The van der Waals surface area contributed by atoms with E-state index >= 15 is 0 Å². The van der Waals surface area contributed by atoms with E-state index in [-0.39, 0.29) is 10.8 Å². The first-order chi connectivity index (χ1) is 31.0. The van der Waals surface area contributed by atoms with Gasteiger partial charge in [0.15, 0.2) is 5.82 Å². The molecular formula is C61H50N2O. The SMILES string of the molecule is CC(C)(C)c1cccc(C2(c3cccc(C(C)(C)C)c3)c3ccccc3-c3ccc(-c4ccccc4-c4cc(-c5ccc6oc7ccccc7c6c5)nc(-c5ccccc5)n4)cc32)c1. The number of nitrogens with zero attached hydrogens (tertiary/aromatic N) is 2. The fraction of sp³-hybridized carbons (Fsp3) is 0.148. The van der Waals surface area contributed by atoms with Crippen molar-refractivity contribution in [3.05, 3.63) is 228 Å². The first-order valence-corrected chi connectivity index (χ1v) is 22.4. The second kappa shape index (κ2) is 14.9. The molecule has 8 aromatic carbocycles. The minimum absolute atomic E-state index is 0.0285. The molecular weight excluding hydrogens is 777 g/mol. The summed E-state index contributed by atoms with van der Waals surface area (Å²) in [5.74, 6) is 0.681. The Kier molecular flexibility index (Phi) is 9.18. The molecule has 0 fully saturated rings. The van der Waals surface area contributed by atoms with Crippen LogP contribution in [0.3, 0.4) is 0 Å². The number of para-hydroxylation sites is 1.